The molecule has 432 valence electrons. The molecule has 0 amide bonds. The minimum Gasteiger partial charge on any atom is -0.477 e. The fourth-order valence-corrected chi connectivity index (χ4v) is 7.83. The molecule has 0 radical (unpaired) electrons. The number of ether oxygens (including phenoxy) is 4. The number of carboxylic acid groups (broad SMARTS) is 1. The largest absolute Gasteiger partial charge is 0.477 e. The normalized spacial score (nSPS) is 13.6. The van der Waals surface area contributed by atoms with E-state index in [2.05, 4.69) is 135 Å². The van der Waals surface area contributed by atoms with Gasteiger partial charge in [-0.15, -0.1) is 0 Å². The van der Waals surface area contributed by atoms with Crippen LogP contribution in [0.2, 0.25) is 0 Å². The Balaban J connectivity index is 4.03. The zero-order valence-electron chi connectivity index (χ0n) is 49.1. The van der Waals surface area contributed by atoms with Crippen molar-refractivity contribution in [1.82, 2.24) is 0 Å². The second kappa shape index (κ2) is 56.9. The van der Waals surface area contributed by atoms with Crippen LogP contribution < -0.4 is 0 Å². The third kappa shape index (κ3) is 57.4. The molecule has 0 rings (SSSR count). The quantitative estimate of drug-likeness (QED) is 0.0211. The van der Waals surface area contributed by atoms with E-state index in [-0.39, 0.29) is 38.6 Å². The van der Waals surface area contributed by atoms with Crippen LogP contribution >= 0.6 is 0 Å². The zero-order chi connectivity index (χ0) is 55.5. The summed E-state index contributed by atoms with van der Waals surface area (Å²) < 4.78 is 22.8. The second-order valence-electron chi connectivity index (χ2n) is 20.9. The SMILES string of the molecule is CC/C=C\C/C=C\C/C=C\C/C=C\C/C=C\C/C=C\C/C=C\C/C=C\C/C=C\CCCCCCCCCCCCCCCC(=O)OC(COC(=O)CCCCCCC/C=C\CCC)COC(OCC[N+](C)(C)C)C(=O)O. The van der Waals surface area contributed by atoms with Gasteiger partial charge in [-0.25, -0.2) is 4.79 Å². The Bertz CT molecular complexity index is 1660. The minimum absolute atomic E-state index is 0.182. The van der Waals surface area contributed by atoms with Crippen LogP contribution in [-0.4, -0.2) is 87.4 Å². The highest BCUT2D eigenvalue weighted by Gasteiger charge is 2.25. The van der Waals surface area contributed by atoms with Crippen molar-refractivity contribution in [2.45, 2.75) is 238 Å². The molecular weight excluding hydrogens is 947 g/mol. The lowest BCUT2D eigenvalue weighted by atomic mass is 10.0. The molecule has 0 aromatic carbocycles. The Kier molecular flexibility index (Phi) is 53.7. The number of hydrogen-bond acceptors (Lipinski definition) is 7. The molecule has 0 aromatic rings. The monoisotopic (exact) mass is 1060 g/mol. The Morgan fingerprint density at radius 1 is 0.408 bits per heavy atom. The number of esters is 2. The Morgan fingerprint density at radius 2 is 0.750 bits per heavy atom. The molecule has 2 atom stereocenters. The second-order valence-corrected chi connectivity index (χ2v) is 20.9. The van der Waals surface area contributed by atoms with Crippen molar-refractivity contribution >= 4 is 17.9 Å². The number of carbonyl (C=O) groups excluding carboxylic acids is 2. The molecule has 0 saturated carbocycles. The van der Waals surface area contributed by atoms with Crippen molar-refractivity contribution < 1.29 is 42.9 Å². The van der Waals surface area contributed by atoms with Crippen LogP contribution in [0, 0.1) is 0 Å². The summed E-state index contributed by atoms with van der Waals surface area (Å²) >= 11 is 0. The van der Waals surface area contributed by atoms with Crippen LogP contribution in [0.1, 0.15) is 226 Å². The first-order valence-corrected chi connectivity index (χ1v) is 30.2. The lowest BCUT2D eigenvalue weighted by Crippen LogP contribution is -2.40. The molecule has 1 N–H and O–H groups in total. The van der Waals surface area contributed by atoms with Gasteiger partial charge in [-0.3, -0.25) is 9.59 Å². The first kappa shape index (κ1) is 71.7. The summed E-state index contributed by atoms with van der Waals surface area (Å²) in [5.74, 6) is -2.03. The number of hydrogen-bond donors (Lipinski definition) is 1. The van der Waals surface area contributed by atoms with E-state index in [9.17, 15) is 19.5 Å². The van der Waals surface area contributed by atoms with Crippen molar-refractivity contribution in [3.8, 4) is 0 Å². The van der Waals surface area contributed by atoms with E-state index in [4.69, 9.17) is 18.9 Å². The van der Waals surface area contributed by atoms with Crippen molar-refractivity contribution in [2.24, 2.45) is 0 Å². The van der Waals surface area contributed by atoms with E-state index in [0.717, 1.165) is 122 Å². The molecular formula is C67H112NO8+. The highest BCUT2D eigenvalue weighted by molar-refractivity contribution is 5.71. The van der Waals surface area contributed by atoms with Crippen LogP contribution in [0.15, 0.2) is 122 Å². The zero-order valence-corrected chi connectivity index (χ0v) is 49.1. The van der Waals surface area contributed by atoms with E-state index in [1.54, 1.807) is 0 Å². The molecule has 0 aromatic heterocycles. The summed E-state index contributed by atoms with van der Waals surface area (Å²) in [5, 5.41) is 9.67. The first-order valence-electron chi connectivity index (χ1n) is 30.2. The average molecular weight is 1060 g/mol. The maximum Gasteiger partial charge on any atom is 0.361 e. The van der Waals surface area contributed by atoms with Gasteiger partial charge in [-0.2, -0.15) is 0 Å². The highest BCUT2D eigenvalue weighted by Crippen LogP contribution is 2.15. The number of rotatable bonds is 54. The summed E-state index contributed by atoms with van der Waals surface area (Å²) in [6.07, 6.45) is 77.4. The summed E-state index contributed by atoms with van der Waals surface area (Å²) in [7, 11) is 5.95. The number of likely N-dealkylation sites (N-methyl/N-ethyl adjacent to an activating group) is 1. The van der Waals surface area contributed by atoms with Gasteiger partial charge in [0.15, 0.2) is 6.10 Å². The lowest BCUT2D eigenvalue weighted by molar-refractivity contribution is -0.870. The molecule has 0 bridgehead atoms. The van der Waals surface area contributed by atoms with Gasteiger partial charge in [0.25, 0.3) is 6.29 Å². The Labute approximate surface area is 466 Å². The van der Waals surface area contributed by atoms with Crippen LogP contribution in [0.4, 0.5) is 0 Å². The third-order valence-corrected chi connectivity index (χ3v) is 12.4. The number of allylic oxidation sites excluding steroid dienone is 20. The van der Waals surface area contributed by atoms with Gasteiger partial charge in [-0.1, -0.05) is 232 Å². The minimum atomic E-state index is -1.52. The van der Waals surface area contributed by atoms with Gasteiger partial charge in [0.05, 0.1) is 34.4 Å². The topological polar surface area (TPSA) is 108 Å². The number of quaternary nitrogens is 1. The van der Waals surface area contributed by atoms with E-state index < -0.39 is 24.3 Å². The van der Waals surface area contributed by atoms with Crippen molar-refractivity contribution in [3.05, 3.63) is 122 Å². The predicted molar refractivity (Wildman–Crippen MR) is 322 cm³/mol. The van der Waals surface area contributed by atoms with E-state index >= 15 is 0 Å². The standard InChI is InChI=1S/C67H111NO8/c1-6-8-10-12-14-16-18-19-20-21-22-23-24-25-26-27-28-29-30-31-32-33-34-35-36-37-38-39-40-41-42-43-44-45-46-47-48-50-52-54-56-58-65(70)76-63(62-75-67(66(71)72)73-60-59-68(3,4)5)61-74-64(69)57-55-53-51-49-17-15-13-11-9-7-2/h8,10-11,13-14,16,19-20,22-23,25-26,28-29,31-32,34-35,37-38,63,67H,6-7,9,12,15,17-18,21,24,27,30,33,36,39-62H2,1-5H3/p+1/b10-8-,13-11-,16-14-,20-19-,23-22-,26-25-,29-28-,32-31-,35-34-,38-37-. The predicted octanol–water partition coefficient (Wildman–Crippen LogP) is 18.1. The van der Waals surface area contributed by atoms with Gasteiger partial charge >= 0.3 is 17.9 Å². The number of nitrogens with zero attached hydrogens (tertiary/aromatic N) is 1. The highest BCUT2D eigenvalue weighted by atomic mass is 16.7. The summed E-state index contributed by atoms with van der Waals surface area (Å²) in [5.41, 5.74) is 0. The smallest absolute Gasteiger partial charge is 0.361 e. The Morgan fingerprint density at radius 3 is 1.13 bits per heavy atom. The van der Waals surface area contributed by atoms with E-state index in [1.807, 2.05) is 21.1 Å². The van der Waals surface area contributed by atoms with Crippen LogP contribution in [0.5, 0.6) is 0 Å². The van der Waals surface area contributed by atoms with Gasteiger partial charge in [-0.05, 0) is 103 Å². The molecule has 76 heavy (non-hydrogen) atoms. The van der Waals surface area contributed by atoms with E-state index in [0.29, 0.717) is 17.4 Å². The third-order valence-electron chi connectivity index (χ3n) is 12.4. The number of carbonyl (C=O) groups is 3. The van der Waals surface area contributed by atoms with Gasteiger partial charge in [0.1, 0.15) is 13.2 Å². The summed E-state index contributed by atoms with van der Waals surface area (Å²) in [6, 6.07) is 0. The fourth-order valence-electron chi connectivity index (χ4n) is 7.83. The van der Waals surface area contributed by atoms with Gasteiger partial charge in [0.2, 0.25) is 0 Å². The molecule has 0 aliphatic rings. The molecule has 2 unspecified atom stereocenters. The van der Waals surface area contributed by atoms with Crippen molar-refractivity contribution in [1.29, 1.82) is 0 Å². The Hall–Kier alpha value is -4.31. The molecule has 0 aliphatic heterocycles. The molecule has 0 heterocycles. The maximum absolute atomic E-state index is 12.8. The molecule has 9 nitrogen and oxygen atoms in total. The van der Waals surface area contributed by atoms with E-state index in [1.165, 1.54) is 70.6 Å². The lowest BCUT2D eigenvalue weighted by Gasteiger charge is -2.25. The molecule has 0 fully saturated rings. The van der Waals surface area contributed by atoms with Crippen LogP contribution in [-0.2, 0) is 33.3 Å². The maximum atomic E-state index is 12.8. The average Bonchev–Trinajstić information content (AvgIpc) is 3.39. The van der Waals surface area contributed by atoms with Gasteiger partial charge in [0, 0.05) is 12.8 Å². The number of aliphatic carboxylic acids is 1. The summed E-state index contributed by atoms with van der Waals surface area (Å²) in [4.78, 5) is 37.2. The summed E-state index contributed by atoms with van der Waals surface area (Å²) in [6.45, 7) is 4.67. The molecule has 0 aliphatic carbocycles. The van der Waals surface area contributed by atoms with Crippen molar-refractivity contribution in [3.63, 3.8) is 0 Å². The number of carboxylic acids is 1. The van der Waals surface area contributed by atoms with Crippen LogP contribution in [0.25, 0.3) is 0 Å². The molecule has 0 spiro atoms. The number of unbranched alkanes of at least 4 members (excludes halogenated alkanes) is 19. The first-order chi connectivity index (χ1) is 37.1. The van der Waals surface area contributed by atoms with Crippen LogP contribution in [0.3, 0.4) is 0 Å². The molecule has 9 heteroatoms. The van der Waals surface area contributed by atoms with Crippen molar-refractivity contribution in [2.75, 3.05) is 47.5 Å². The molecule has 0 saturated heterocycles. The fraction of sp³-hybridized carbons (Fsp3) is 0.657. The van der Waals surface area contributed by atoms with Gasteiger partial charge < -0.3 is 28.5 Å².